The van der Waals surface area contributed by atoms with E-state index in [1.807, 2.05) is 0 Å². The van der Waals surface area contributed by atoms with Gasteiger partial charge in [-0.15, -0.1) is 0 Å². The van der Waals surface area contributed by atoms with Crippen LogP contribution in [-0.2, 0) is 5.41 Å². The maximum atomic E-state index is 2.49. The highest BCUT2D eigenvalue weighted by atomic mass is 15.1. The maximum Gasteiger partial charge on any atom is 0.0540 e. The molecule has 0 spiro atoms. The zero-order valence-electron chi connectivity index (χ0n) is 29.2. The summed E-state index contributed by atoms with van der Waals surface area (Å²) in [4.78, 5) is 2.49. The Bertz CT molecular complexity index is 2920. The highest BCUT2D eigenvalue weighted by Gasteiger charge is 2.36. The van der Waals surface area contributed by atoms with Crippen LogP contribution in [0.15, 0.2) is 176 Å². The highest BCUT2D eigenvalue weighted by Crippen LogP contribution is 2.53. The molecular weight excluding hydrogens is 627 g/mol. The van der Waals surface area contributed by atoms with E-state index in [0.29, 0.717) is 0 Å². The first-order chi connectivity index (χ1) is 25.5. The van der Waals surface area contributed by atoms with Crippen molar-refractivity contribution in [2.24, 2.45) is 0 Å². The molecule has 0 fully saturated rings. The molecule has 2 aliphatic carbocycles. The Morgan fingerprint density at radius 1 is 0.365 bits per heavy atom. The Morgan fingerprint density at radius 2 is 0.962 bits per heavy atom. The second-order valence-electron chi connectivity index (χ2n) is 14.9. The van der Waals surface area contributed by atoms with Crippen LogP contribution in [0.3, 0.4) is 0 Å². The molecule has 0 heterocycles. The smallest absolute Gasteiger partial charge is 0.0540 e. The lowest BCUT2D eigenvalue weighted by atomic mass is 9.82. The Hall–Kier alpha value is -6.44. The van der Waals surface area contributed by atoms with E-state index in [2.05, 4.69) is 195 Å². The van der Waals surface area contributed by atoms with Crippen LogP contribution in [0.2, 0.25) is 0 Å². The highest BCUT2D eigenvalue weighted by molar-refractivity contribution is 6.19. The SMILES string of the molecule is CC1(C)c2ccccc2-c2ccc(N(c3cccc(-c4ccc5ccc6ccccc6c5c4)c3)c3ccc4c5c(cccc35)-c3ccccc3-4)cc21. The molecule has 0 aromatic heterocycles. The third-order valence-corrected chi connectivity index (χ3v) is 11.8. The van der Waals surface area contributed by atoms with Gasteiger partial charge in [0.1, 0.15) is 0 Å². The molecule has 9 aromatic rings. The lowest BCUT2D eigenvalue weighted by molar-refractivity contribution is 0.660. The maximum absolute atomic E-state index is 2.49. The quantitative estimate of drug-likeness (QED) is 0.170. The van der Waals surface area contributed by atoms with Crippen molar-refractivity contribution in [2.45, 2.75) is 19.3 Å². The average molecular weight is 662 g/mol. The molecule has 244 valence electrons. The minimum atomic E-state index is -0.104. The van der Waals surface area contributed by atoms with Gasteiger partial charge < -0.3 is 4.90 Å². The molecule has 0 bridgehead atoms. The fourth-order valence-electron chi connectivity index (χ4n) is 9.25. The van der Waals surface area contributed by atoms with Gasteiger partial charge in [-0.05, 0) is 119 Å². The molecule has 9 aromatic carbocycles. The molecule has 52 heavy (non-hydrogen) atoms. The van der Waals surface area contributed by atoms with Crippen molar-refractivity contribution in [3.05, 3.63) is 187 Å². The van der Waals surface area contributed by atoms with Crippen molar-refractivity contribution < 1.29 is 0 Å². The molecule has 11 rings (SSSR count). The van der Waals surface area contributed by atoms with Crippen molar-refractivity contribution in [2.75, 3.05) is 4.90 Å². The predicted octanol–water partition coefficient (Wildman–Crippen LogP) is 14.2. The van der Waals surface area contributed by atoms with Crippen LogP contribution in [0.1, 0.15) is 25.0 Å². The first kappa shape index (κ1) is 29.3. The van der Waals surface area contributed by atoms with Gasteiger partial charge in [0.25, 0.3) is 0 Å². The summed E-state index contributed by atoms with van der Waals surface area (Å²) in [5.74, 6) is 0. The second-order valence-corrected chi connectivity index (χ2v) is 14.9. The van der Waals surface area contributed by atoms with Crippen LogP contribution < -0.4 is 4.90 Å². The number of nitrogens with zero attached hydrogens (tertiary/aromatic N) is 1. The molecule has 0 N–H and O–H groups in total. The lowest BCUT2D eigenvalue weighted by Gasteiger charge is -2.29. The second kappa shape index (κ2) is 10.8. The Morgan fingerprint density at radius 3 is 1.83 bits per heavy atom. The van der Waals surface area contributed by atoms with Gasteiger partial charge in [0, 0.05) is 22.2 Å². The predicted molar refractivity (Wildman–Crippen MR) is 221 cm³/mol. The van der Waals surface area contributed by atoms with Crippen molar-refractivity contribution in [3.63, 3.8) is 0 Å². The van der Waals surface area contributed by atoms with Crippen molar-refractivity contribution in [3.8, 4) is 44.5 Å². The van der Waals surface area contributed by atoms with Gasteiger partial charge >= 0.3 is 0 Å². The summed E-state index contributed by atoms with van der Waals surface area (Å²) in [5, 5.41) is 7.69. The fraction of sp³-hybridized carbons (Fsp3) is 0.0588. The number of fused-ring (bicyclic) bond motifs is 9. The average Bonchev–Trinajstić information content (AvgIpc) is 3.64. The number of hydrogen-bond acceptors (Lipinski definition) is 1. The standard InChI is InChI=1S/C51H35N/c1-51(2)47-20-8-7-17-41(47)42-26-25-37(31-48(42)51)52(49-28-27-44-40-16-6-5-15-39(40)43-18-10-19-45(49)50(43)44)36-13-9-12-34(29-36)35-24-23-33-22-21-32-11-3-4-14-38(32)46(33)30-35/h3-31H,1-2H3. The normalized spacial score (nSPS) is 13.3. The van der Waals surface area contributed by atoms with Gasteiger partial charge in [0.05, 0.1) is 5.69 Å². The number of anilines is 3. The van der Waals surface area contributed by atoms with Gasteiger partial charge in [-0.25, -0.2) is 0 Å². The van der Waals surface area contributed by atoms with E-state index in [4.69, 9.17) is 0 Å². The topological polar surface area (TPSA) is 3.24 Å². The van der Waals surface area contributed by atoms with E-state index < -0.39 is 0 Å². The number of hydrogen-bond donors (Lipinski definition) is 0. The van der Waals surface area contributed by atoms with Crippen molar-refractivity contribution >= 4 is 49.4 Å². The Balaban J connectivity index is 1.14. The molecule has 0 amide bonds. The van der Waals surface area contributed by atoms with Crippen LogP contribution in [-0.4, -0.2) is 0 Å². The molecular formula is C51H35N. The Labute approximate surface area is 304 Å². The van der Waals surface area contributed by atoms with E-state index in [1.165, 1.54) is 93.6 Å². The van der Waals surface area contributed by atoms with E-state index in [1.54, 1.807) is 0 Å². The first-order valence-electron chi connectivity index (χ1n) is 18.3. The lowest BCUT2D eigenvalue weighted by Crippen LogP contribution is -2.16. The van der Waals surface area contributed by atoms with Gasteiger partial charge in [0.15, 0.2) is 0 Å². The molecule has 0 saturated heterocycles. The minimum Gasteiger partial charge on any atom is -0.310 e. The molecule has 0 unspecified atom stereocenters. The third kappa shape index (κ3) is 4.11. The summed E-state index contributed by atoms with van der Waals surface area (Å²) in [7, 11) is 0. The van der Waals surface area contributed by atoms with Crippen molar-refractivity contribution in [1.82, 2.24) is 0 Å². The first-order valence-corrected chi connectivity index (χ1v) is 18.3. The summed E-state index contributed by atoms with van der Waals surface area (Å²) >= 11 is 0. The van der Waals surface area contributed by atoms with Gasteiger partial charge in [-0.2, -0.15) is 0 Å². The number of benzene rings is 9. The van der Waals surface area contributed by atoms with E-state index in [0.717, 1.165) is 11.4 Å². The number of rotatable bonds is 4. The summed E-state index contributed by atoms with van der Waals surface area (Å²) in [6.07, 6.45) is 0. The molecule has 0 atom stereocenters. The molecule has 0 radical (unpaired) electrons. The summed E-state index contributed by atoms with van der Waals surface area (Å²) in [6.45, 7) is 4.73. The summed E-state index contributed by atoms with van der Waals surface area (Å²) in [5.41, 5.74) is 16.5. The van der Waals surface area contributed by atoms with Crippen LogP contribution >= 0.6 is 0 Å². The minimum absolute atomic E-state index is 0.104. The molecule has 1 heteroatoms. The molecule has 0 saturated carbocycles. The molecule has 1 nitrogen and oxygen atoms in total. The fourth-order valence-corrected chi connectivity index (χ4v) is 9.25. The van der Waals surface area contributed by atoms with Gasteiger partial charge in [-0.3, -0.25) is 0 Å². The van der Waals surface area contributed by atoms with Crippen LogP contribution in [0.25, 0.3) is 76.8 Å². The van der Waals surface area contributed by atoms with Crippen LogP contribution in [0.5, 0.6) is 0 Å². The third-order valence-electron chi connectivity index (χ3n) is 11.8. The monoisotopic (exact) mass is 661 g/mol. The molecule has 2 aliphatic rings. The summed E-state index contributed by atoms with van der Waals surface area (Å²) in [6, 6.07) is 65.5. The van der Waals surface area contributed by atoms with Gasteiger partial charge in [0.2, 0.25) is 0 Å². The zero-order chi connectivity index (χ0) is 34.6. The van der Waals surface area contributed by atoms with E-state index in [-0.39, 0.29) is 5.41 Å². The zero-order valence-corrected chi connectivity index (χ0v) is 29.2. The van der Waals surface area contributed by atoms with Crippen LogP contribution in [0, 0.1) is 0 Å². The van der Waals surface area contributed by atoms with E-state index >= 15 is 0 Å². The van der Waals surface area contributed by atoms with Crippen molar-refractivity contribution in [1.29, 1.82) is 0 Å². The summed E-state index contributed by atoms with van der Waals surface area (Å²) < 4.78 is 0. The van der Waals surface area contributed by atoms with Crippen LogP contribution in [0.4, 0.5) is 17.1 Å². The van der Waals surface area contributed by atoms with E-state index in [9.17, 15) is 0 Å². The Kier molecular flexibility index (Phi) is 6.08. The van der Waals surface area contributed by atoms with Gasteiger partial charge in [-0.1, -0.05) is 153 Å². The molecule has 0 aliphatic heterocycles. The largest absolute Gasteiger partial charge is 0.310 e.